The molecule has 1 aromatic carbocycles. The first-order valence-electron chi connectivity index (χ1n) is 8.63. The van der Waals surface area contributed by atoms with Crippen LogP contribution in [0, 0.1) is 0 Å². The molecule has 1 aromatic heterocycles. The zero-order valence-corrected chi connectivity index (χ0v) is 15.5. The van der Waals surface area contributed by atoms with Gasteiger partial charge in [-0.15, -0.1) is 11.3 Å². The van der Waals surface area contributed by atoms with Crippen molar-refractivity contribution in [3.05, 3.63) is 51.7 Å². The minimum atomic E-state index is -0.991. The molecule has 0 spiro atoms. The lowest BCUT2D eigenvalue weighted by atomic mass is 10.0. The van der Waals surface area contributed by atoms with Crippen LogP contribution in [0.5, 0.6) is 0 Å². The number of aliphatic hydroxyl groups is 1. The number of nitrogens with one attached hydrogen (secondary N) is 2. The van der Waals surface area contributed by atoms with Gasteiger partial charge in [0.1, 0.15) is 6.04 Å². The van der Waals surface area contributed by atoms with E-state index < -0.39 is 18.6 Å². The Labute approximate surface area is 156 Å². The summed E-state index contributed by atoms with van der Waals surface area (Å²) in [5.41, 5.74) is 3.22. The average Bonchev–Trinajstić information content (AvgIpc) is 3.11. The topological polar surface area (TPSA) is 81.7 Å². The summed E-state index contributed by atoms with van der Waals surface area (Å²) in [4.78, 5) is 27.3. The van der Waals surface area contributed by atoms with Crippen molar-refractivity contribution in [2.45, 2.75) is 18.9 Å². The maximum atomic E-state index is 12.4. The highest BCUT2D eigenvalue weighted by Gasteiger charge is 2.21. The number of fused-ring (bicyclic) bond motifs is 1. The Morgan fingerprint density at radius 3 is 2.69 bits per heavy atom. The van der Waals surface area contributed by atoms with Gasteiger partial charge in [0.25, 0.3) is 5.91 Å². The molecule has 2 heterocycles. The number of hydrogen-bond acceptors (Lipinski definition) is 5. The standard InChI is InChI=1S/C19H23N3O3S/c1-22-8-6-13-4-5-15(11-14(13)7-9-22)20-18(24)16(12-23)21-19(25)17-3-2-10-26-17/h2-5,10-11,16,23H,6-9,12H2,1H3,(H,20,24)(H,21,25)/t16-/m0/s1. The number of carbonyl (C=O) groups is 2. The lowest BCUT2D eigenvalue weighted by Gasteiger charge is -2.16. The molecule has 7 heteroatoms. The van der Waals surface area contributed by atoms with E-state index in [9.17, 15) is 14.7 Å². The second-order valence-electron chi connectivity index (χ2n) is 6.46. The minimum Gasteiger partial charge on any atom is -0.394 e. The number of benzene rings is 1. The van der Waals surface area contributed by atoms with Crippen LogP contribution in [0.3, 0.4) is 0 Å². The molecule has 1 aliphatic heterocycles. The van der Waals surface area contributed by atoms with Crippen LogP contribution in [-0.4, -0.2) is 54.6 Å². The zero-order valence-electron chi connectivity index (χ0n) is 14.7. The number of aliphatic hydroxyl groups excluding tert-OH is 1. The van der Waals surface area contributed by atoms with Gasteiger partial charge in [0.2, 0.25) is 5.91 Å². The van der Waals surface area contributed by atoms with Crippen LogP contribution in [-0.2, 0) is 17.6 Å². The van der Waals surface area contributed by atoms with E-state index in [1.54, 1.807) is 17.5 Å². The summed E-state index contributed by atoms with van der Waals surface area (Å²) < 4.78 is 0. The number of carbonyl (C=O) groups excluding carboxylic acids is 2. The highest BCUT2D eigenvalue weighted by Crippen LogP contribution is 2.20. The molecule has 3 rings (SSSR count). The van der Waals surface area contributed by atoms with E-state index in [2.05, 4.69) is 22.6 Å². The molecule has 0 bridgehead atoms. The molecule has 1 atom stereocenters. The molecule has 0 saturated carbocycles. The summed E-state index contributed by atoms with van der Waals surface area (Å²) in [5, 5.41) is 16.7. The van der Waals surface area contributed by atoms with Crippen molar-refractivity contribution in [1.82, 2.24) is 10.2 Å². The van der Waals surface area contributed by atoms with E-state index in [1.807, 2.05) is 18.2 Å². The van der Waals surface area contributed by atoms with Gasteiger partial charge in [0.15, 0.2) is 0 Å². The SMILES string of the molecule is CN1CCc2ccc(NC(=O)[C@H](CO)NC(=O)c3cccs3)cc2CC1. The summed E-state index contributed by atoms with van der Waals surface area (Å²) in [5.74, 6) is -0.790. The second kappa shape index (κ2) is 8.44. The van der Waals surface area contributed by atoms with Crippen LogP contribution in [0.1, 0.15) is 20.8 Å². The maximum Gasteiger partial charge on any atom is 0.262 e. The Morgan fingerprint density at radius 1 is 1.23 bits per heavy atom. The van der Waals surface area contributed by atoms with Crippen molar-refractivity contribution in [2.75, 3.05) is 32.1 Å². The van der Waals surface area contributed by atoms with E-state index in [-0.39, 0.29) is 5.91 Å². The summed E-state index contributed by atoms with van der Waals surface area (Å²) in [6, 6.07) is 8.35. The Morgan fingerprint density at radius 2 is 2.00 bits per heavy atom. The summed E-state index contributed by atoms with van der Waals surface area (Å²) in [6.45, 7) is 1.55. The van der Waals surface area contributed by atoms with Crippen molar-refractivity contribution in [1.29, 1.82) is 0 Å². The average molecular weight is 373 g/mol. The molecule has 2 aromatic rings. The van der Waals surface area contributed by atoms with Crippen LogP contribution in [0.2, 0.25) is 0 Å². The van der Waals surface area contributed by atoms with Crippen LogP contribution >= 0.6 is 11.3 Å². The van der Waals surface area contributed by atoms with Crippen molar-refractivity contribution in [3.63, 3.8) is 0 Å². The number of hydrogen-bond donors (Lipinski definition) is 3. The van der Waals surface area contributed by atoms with Gasteiger partial charge in [-0.25, -0.2) is 0 Å². The van der Waals surface area contributed by atoms with Gasteiger partial charge in [-0.3, -0.25) is 9.59 Å². The lowest BCUT2D eigenvalue weighted by molar-refractivity contribution is -0.118. The smallest absolute Gasteiger partial charge is 0.262 e. The number of nitrogens with zero attached hydrogens (tertiary/aromatic N) is 1. The third-order valence-electron chi connectivity index (χ3n) is 4.55. The van der Waals surface area contributed by atoms with Crippen LogP contribution in [0.25, 0.3) is 0 Å². The van der Waals surface area contributed by atoms with Crippen LogP contribution in [0.4, 0.5) is 5.69 Å². The van der Waals surface area contributed by atoms with Gasteiger partial charge in [0, 0.05) is 18.8 Å². The normalized spacial score (nSPS) is 15.6. The molecule has 3 N–H and O–H groups in total. The summed E-state index contributed by atoms with van der Waals surface area (Å²) >= 11 is 1.29. The molecule has 1 aliphatic rings. The first kappa shape index (κ1) is 18.6. The van der Waals surface area contributed by atoms with Crippen molar-refractivity contribution >= 4 is 28.8 Å². The van der Waals surface area contributed by atoms with Crippen LogP contribution in [0.15, 0.2) is 35.7 Å². The Bertz CT molecular complexity index is 776. The lowest BCUT2D eigenvalue weighted by Crippen LogP contribution is -2.46. The molecule has 26 heavy (non-hydrogen) atoms. The highest BCUT2D eigenvalue weighted by atomic mass is 32.1. The van der Waals surface area contributed by atoms with Crippen molar-refractivity contribution < 1.29 is 14.7 Å². The molecular weight excluding hydrogens is 350 g/mol. The molecule has 0 unspecified atom stereocenters. The molecule has 6 nitrogen and oxygen atoms in total. The fourth-order valence-electron chi connectivity index (χ4n) is 2.98. The number of thiophene rings is 1. The zero-order chi connectivity index (χ0) is 18.5. The summed E-state index contributed by atoms with van der Waals surface area (Å²) in [6.07, 6.45) is 1.93. The van der Waals surface area contributed by atoms with Crippen LogP contribution < -0.4 is 10.6 Å². The number of rotatable bonds is 5. The van der Waals surface area contributed by atoms with Crippen molar-refractivity contribution in [2.24, 2.45) is 0 Å². The number of anilines is 1. The van der Waals surface area contributed by atoms with E-state index in [4.69, 9.17) is 0 Å². The Balaban J connectivity index is 1.65. The molecule has 2 amide bonds. The predicted molar refractivity (Wildman–Crippen MR) is 103 cm³/mol. The first-order chi connectivity index (χ1) is 12.6. The monoisotopic (exact) mass is 373 g/mol. The van der Waals surface area contributed by atoms with Gasteiger partial charge in [-0.05, 0) is 54.6 Å². The fourth-order valence-corrected chi connectivity index (χ4v) is 3.60. The van der Waals surface area contributed by atoms with E-state index >= 15 is 0 Å². The third kappa shape index (κ3) is 4.49. The third-order valence-corrected chi connectivity index (χ3v) is 5.42. The molecule has 138 valence electrons. The van der Waals surface area contributed by atoms with Gasteiger partial charge < -0.3 is 20.6 Å². The van der Waals surface area contributed by atoms with Gasteiger partial charge in [0.05, 0.1) is 11.5 Å². The van der Waals surface area contributed by atoms with Crippen molar-refractivity contribution in [3.8, 4) is 0 Å². The van der Waals surface area contributed by atoms with E-state index in [0.29, 0.717) is 10.6 Å². The second-order valence-corrected chi connectivity index (χ2v) is 7.41. The Hall–Kier alpha value is -2.22. The fraction of sp³-hybridized carbons (Fsp3) is 0.368. The minimum absolute atomic E-state index is 0.362. The molecular formula is C19H23N3O3S. The van der Waals surface area contributed by atoms with Gasteiger partial charge in [-0.2, -0.15) is 0 Å². The molecule has 0 aliphatic carbocycles. The van der Waals surface area contributed by atoms with Gasteiger partial charge >= 0.3 is 0 Å². The molecule has 0 saturated heterocycles. The quantitative estimate of drug-likeness (QED) is 0.742. The molecule has 0 fully saturated rings. The first-order valence-corrected chi connectivity index (χ1v) is 9.51. The summed E-state index contributed by atoms with van der Waals surface area (Å²) in [7, 11) is 2.11. The largest absolute Gasteiger partial charge is 0.394 e. The van der Waals surface area contributed by atoms with Gasteiger partial charge in [-0.1, -0.05) is 12.1 Å². The Kier molecular flexibility index (Phi) is 6.03. The van der Waals surface area contributed by atoms with E-state index in [0.717, 1.165) is 25.9 Å². The molecule has 0 radical (unpaired) electrons. The van der Waals surface area contributed by atoms with E-state index in [1.165, 1.54) is 22.5 Å². The predicted octanol–water partition coefficient (Wildman–Crippen LogP) is 1.51. The maximum absolute atomic E-state index is 12.4. The highest BCUT2D eigenvalue weighted by molar-refractivity contribution is 7.12. The number of likely N-dealkylation sites (N-methyl/N-ethyl adjacent to an activating group) is 1. The number of amides is 2.